The van der Waals surface area contributed by atoms with Crippen LogP contribution >= 0.6 is 0 Å². The van der Waals surface area contributed by atoms with Crippen LogP contribution in [0.15, 0.2) is 0 Å². The fourth-order valence-corrected chi connectivity index (χ4v) is 3.52. The molecule has 1 aliphatic rings. The van der Waals surface area contributed by atoms with Gasteiger partial charge in [-0.2, -0.15) is 0 Å². The maximum absolute atomic E-state index is 11.5. The highest BCUT2D eigenvalue weighted by Crippen LogP contribution is 2.24. The summed E-state index contributed by atoms with van der Waals surface area (Å²) in [6, 6.07) is 0.181. The fraction of sp³-hybridized carbons (Fsp3) is 1.00. The lowest BCUT2D eigenvalue weighted by molar-refractivity contribution is 0.310. The standard InChI is InChI=1S/C10H21NO2S/c1-3-8-14(12,13)11-10-7-5-4-6-9(10)2/h9-11H,3-8H2,1-2H3. The topological polar surface area (TPSA) is 46.2 Å². The van der Waals surface area contributed by atoms with Crippen LogP contribution in [-0.2, 0) is 10.0 Å². The first-order chi connectivity index (χ1) is 6.55. The van der Waals surface area contributed by atoms with Crippen molar-refractivity contribution in [1.82, 2.24) is 4.72 Å². The molecule has 3 nitrogen and oxygen atoms in total. The highest BCUT2D eigenvalue weighted by atomic mass is 32.2. The Bertz CT molecular complexity index is 261. The second-order valence-corrected chi connectivity index (χ2v) is 6.18. The van der Waals surface area contributed by atoms with E-state index < -0.39 is 10.0 Å². The van der Waals surface area contributed by atoms with Gasteiger partial charge in [0.1, 0.15) is 0 Å². The van der Waals surface area contributed by atoms with Gasteiger partial charge >= 0.3 is 0 Å². The van der Waals surface area contributed by atoms with E-state index in [0.29, 0.717) is 12.3 Å². The van der Waals surface area contributed by atoms with E-state index in [2.05, 4.69) is 11.6 Å². The van der Waals surface area contributed by atoms with E-state index in [1.807, 2.05) is 6.92 Å². The highest BCUT2D eigenvalue weighted by Gasteiger charge is 2.24. The van der Waals surface area contributed by atoms with Crippen LogP contribution < -0.4 is 4.72 Å². The first-order valence-electron chi connectivity index (χ1n) is 5.55. The van der Waals surface area contributed by atoms with Crippen LogP contribution in [0.1, 0.15) is 46.0 Å². The van der Waals surface area contributed by atoms with Crippen molar-refractivity contribution in [2.45, 2.75) is 52.0 Å². The summed E-state index contributed by atoms with van der Waals surface area (Å²) in [4.78, 5) is 0. The summed E-state index contributed by atoms with van der Waals surface area (Å²) in [5, 5.41) is 0. The molecule has 0 radical (unpaired) electrons. The van der Waals surface area contributed by atoms with Crippen molar-refractivity contribution in [3.63, 3.8) is 0 Å². The van der Waals surface area contributed by atoms with E-state index in [1.165, 1.54) is 6.42 Å². The van der Waals surface area contributed by atoms with E-state index in [0.717, 1.165) is 19.3 Å². The van der Waals surface area contributed by atoms with Gasteiger partial charge < -0.3 is 0 Å². The zero-order valence-corrected chi connectivity index (χ0v) is 9.94. The molecule has 14 heavy (non-hydrogen) atoms. The molecule has 1 rings (SSSR count). The Balaban J connectivity index is 2.49. The van der Waals surface area contributed by atoms with Crippen LogP contribution in [0.3, 0.4) is 0 Å². The van der Waals surface area contributed by atoms with E-state index in [-0.39, 0.29) is 11.8 Å². The quantitative estimate of drug-likeness (QED) is 0.785. The molecule has 1 fully saturated rings. The van der Waals surface area contributed by atoms with Crippen molar-refractivity contribution in [3.05, 3.63) is 0 Å². The summed E-state index contributed by atoms with van der Waals surface area (Å²) in [5.41, 5.74) is 0. The number of hydrogen-bond donors (Lipinski definition) is 1. The molecule has 0 spiro atoms. The third-order valence-corrected chi connectivity index (χ3v) is 4.52. The monoisotopic (exact) mass is 219 g/mol. The van der Waals surface area contributed by atoms with Crippen LogP contribution in [0.5, 0.6) is 0 Å². The largest absolute Gasteiger partial charge is 0.212 e. The van der Waals surface area contributed by atoms with Crippen LogP contribution in [0.4, 0.5) is 0 Å². The molecule has 2 unspecified atom stereocenters. The van der Waals surface area contributed by atoms with Gasteiger partial charge in [-0.1, -0.05) is 26.7 Å². The highest BCUT2D eigenvalue weighted by molar-refractivity contribution is 7.89. The molecular weight excluding hydrogens is 198 g/mol. The average Bonchev–Trinajstić information content (AvgIpc) is 2.08. The van der Waals surface area contributed by atoms with Gasteiger partial charge in [-0.25, -0.2) is 13.1 Å². The Morgan fingerprint density at radius 1 is 1.29 bits per heavy atom. The lowest BCUT2D eigenvalue weighted by Crippen LogP contribution is -2.41. The zero-order valence-electron chi connectivity index (χ0n) is 9.12. The lowest BCUT2D eigenvalue weighted by Gasteiger charge is -2.29. The minimum absolute atomic E-state index is 0.181. The molecule has 0 bridgehead atoms. The molecule has 84 valence electrons. The summed E-state index contributed by atoms with van der Waals surface area (Å²) >= 11 is 0. The van der Waals surface area contributed by atoms with Gasteiger partial charge in [0.25, 0.3) is 0 Å². The Morgan fingerprint density at radius 2 is 1.93 bits per heavy atom. The van der Waals surface area contributed by atoms with E-state index in [1.54, 1.807) is 0 Å². The second-order valence-electron chi connectivity index (χ2n) is 4.30. The van der Waals surface area contributed by atoms with Crippen LogP contribution in [-0.4, -0.2) is 20.2 Å². The third kappa shape index (κ3) is 3.58. The summed E-state index contributed by atoms with van der Waals surface area (Å²) in [6.07, 6.45) is 5.25. The summed E-state index contributed by atoms with van der Waals surface area (Å²) in [5.74, 6) is 0.756. The van der Waals surface area contributed by atoms with Gasteiger partial charge in [-0.15, -0.1) is 0 Å². The number of nitrogens with one attached hydrogen (secondary N) is 1. The van der Waals surface area contributed by atoms with E-state index in [4.69, 9.17) is 0 Å². The minimum atomic E-state index is -3.01. The van der Waals surface area contributed by atoms with Crippen molar-refractivity contribution < 1.29 is 8.42 Å². The molecule has 0 aromatic rings. The summed E-state index contributed by atoms with van der Waals surface area (Å²) in [7, 11) is -3.01. The SMILES string of the molecule is CCCS(=O)(=O)NC1CCCCC1C. The van der Waals surface area contributed by atoms with Gasteiger partial charge in [0.15, 0.2) is 0 Å². The first kappa shape index (κ1) is 12.0. The molecule has 1 N–H and O–H groups in total. The third-order valence-electron chi connectivity index (χ3n) is 2.92. The maximum Gasteiger partial charge on any atom is 0.211 e. The van der Waals surface area contributed by atoms with Gasteiger partial charge in [0.05, 0.1) is 5.75 Å². The second kappa shape index (κ2) is 5.12. The molecule has 0 heterocycles. The van der Waals surface area contributed by atoms with E-state index in [9.17, 15) is 8.42 Å². The van der Waals surface area contributed by atoms with Crippen molar-refractivity contribution in [1.29, 1.82) is 0 Å². The van der Waals surface area contributed by atoms with Crippen molar-refractivity contribution in [2.24, 2.45) is 5.92 Å². The molecule has 1 saturated carbocycles. The Kier molecular flexibility index (Phi) is 4.38. The van der Waals surface area contributed by atoms with Crippen LogP contribution in [0.2, 0.25) is 0 Å². The predicted molar refractivity (Wildman–Crippen MR) is 58.6 cm³/mol. The maximum atomic E-state index is 11.5. The van der Waals surface area contributed by atoms with Crippen molar-refractivity contribution >= 4 is 10.0 Å². The Morgan fingerprint density at radius 3 is 2.50 bits per heavy atom. The minimum Gasteiger partial charge on any atom is -0.212 e. The summed E-state index contributed by atoms with van der Waals surface area (Å²) in [6.45, 7) is 4.03. The molecule has 4 heteroatoms. The number of rotatable bonds is 4. The van der Waals surface area contributed by atoms with Crippen molar-refractivity contribution in [2.75, 3.05) is 5.75 Å². The number of sulfonamides is 1. The Hall–Kier alpha value is -0.0900. The Labute approximate surface area is 87.3 Å². The molecular formula is C10H21NO2S. The molecule has 1 aliphatic carbocycles. The first-order valence-corrected chi connectivity index (χ1v) is 7.20. The normalized spacial score (nSPS) is 29.0. The fourth-order valence-electron chi connectivity index (χ4n) is 2.05. The van der Waals surface area contributed by atoms with Crippen LogP contribution in [0.25, 0.3) is 0 Å². The smallest absolute Gasteiger partial charge is 0.211 e. The molecule has 0 saturated heterocycles. The summed E-state index contributed by atoms with van der Waals surface area (Å²) < 4.78 is 25.9. The lowest BCUT2D eigenvalue weighted by atomic mass is 9.87. The molecule has 0 amide bonds. The van der Waals surface area contributed by atoms with Crippen molar-refractivity contribution in [3.8, 4) is 0 Å². The van der Waals surface area contributed by atoms with Gasteiger partial charge in [0.2, 0.25) is 10.0 Å². The number of hydrogen-bond acceptors (Lipinski definition) is 2. The van der Waals surface area contributed by atoms with Crippen LogP contribution in [0, 0.1) is 5.92 Å². The molecule has 0 aromatic heterocycles. The van der Waals surface area contributed by atoms with Gasteiger partial charge in [-0.3, -0.25) is 0 Å². The van der Waals surface area contributed by atoms with E-state index >= 15 is 0 Å². The zero-order chi connectivity index (χ0) is 10.6. The predicted octanol–water partition coefficient (Wildman–Crippen LogP) is 1.89. The molecule has 0 aromatic carbocycles. The average molecular weight is 219 g/mol. The van der Waals surface area contributed by atoms with Gasteiger partial charge in [0, 0.05) is 6.04 Å². The van der Waals surface area contributed by atoms with Gasteiger partial charge in [-0.05, 0) is 25.2 Å². The molecule has 0 aliphatic heterocycles. The molecule has 2 atom stereocenters.